The number of thiazole rings is 1. The summed E-state index contributed by atoms with van der Waals surface area (Å²) in [5.74, 6) is 0.752. The van der Waals surface area contributed by atoms with Crippen LogP contribution in [0.4, 0.5) is 5.13 Å². The Morgan fingerprint density at radius 1 is 1.26 bits per heavy atom. The number of fused-ring (bicyclic) bond motifs is 1. The summed E-state index contributed by atoms with van der Waals surface area (Å²) in [5.41, 5.74) is 1.36. The second kappa shape index (κ2) is 5.77. The molecule has 0 atom stereocenters. The van der Waals surface area contributed by atoms with Crippen LogP contribution in [0.5, 0.6) is 0 Å². The smallest absolute Gasteiger partial charge is 0.185 e. The van der Waals surface area contributed by atoms with Crippen LogP contribution in [0, 0.1) is 5.92 Å². The molecule has 0 spiro atoms. The van der Waals surface area contributed by atoms with Crippen LogP contribution < -0.4 is 10.2 Å². The molecule has 1 aromatic rings. The molecule has 19 heavy (non-hydrogen) atoms. The van der Waals surface area contributed by atoms with Crippen LogP contribution in [0.15, 0.2) is 0 Å². The Bertz CT molecular complexity index is 423. The molecule has 0 aromatic carbocycles. The number of piperazine rings is 1. The maximum atomic E-state index is 4.88. The Kier molecular flexibility index (Phi) is 4.05. The average Bonchev–Trinajstić information content (AvgIpc) is 2.82. The molecule has 2 aliphatic heterocycles. The van der Waals surface area contributed by atoms with Crippen molar-refractivity contribution in [2.75, 3.05) is 44.2 Å². The van der Waals surface area contributed by atoms with Gasteiger partial charge in [-0.15, -0.1) is 11.3 Å². The molecule has 0 bridgehead atoms. The Morgan fingerprint density at radius 2 is 2.05 bits per heavy atom. The second-order valence-corrected chi connectivity index (χ2v) is 7.04. The lowest BCUT2D eigenvalue weighted by Gasteiger charge is -2.27. The number of aromatic nitrogens is 1. The van der Waals surface area contributed by atoms with Crippen LogP contribution >= 0.6 is 11.3 Å². The van der Waals surface area contributed by atoms with Gasteiger partial charge >= 0.3 is 0 Å². The van der Waals surface area contributed by atoms with E-state index in [0.29, 0.717) is 0 Å². The first-order valence-corrected chi connectivity index (χ1v) is 8.20. The number of nitrogens with one attached hydrogen (secondary N) is 1. The molecule has 1 aromatic heterocycles. The number of nitrogens with zero attached hydrogens (tertiary/aromatic N) is 3. The van der Waals surface area contributed by atoms with E-state index in [1.54, 1.807) is 0 Å². The first kappa shape index (κ1) is 13.3. The molecule has 5 heteroatoms. The number of rotatable bonds is 3. The zero-order valence-corrected chi connectivity index (χ0v) is 12.8. The van der Waals surface area contributed by atoms with E-state index in [1.807, 2.05) is 11.3 Å². The van der Waals surface area contributed by atoms with Crippen molar-refractivity contribution in [3.63, 3.8) is 0 Å². The molecule has 0 unspecified atom stereocenters. The van der Waals surface area contributed by atoms with Gasteiger partial charge in [-0.1, -0.05) is 13.8 Å². The van der Waals surface area contributed by atoms with E-state index >= 15 is 0 Å². The maximum absolute atomic E-state index is 4.88. The molecule has 2 aliphatic rings. The fourth-order valence-electron chi connectivity index (χ4n) is 2.90. The summed E-state index contributed by atoms with van der Waals surface area (Å²) in [4.78, 5) is 11.4. The van der Waals surface area contributed by atoms with Crippen molar-refractivity contribution in [2.45, 2.75) is 26.8 Å². The predicted molar refractivity (Wildman–Crippen MR) is 81.0 cm³/mol. The molecular weight excluding hydrogens is 256 g/mol. The predicted octanol–water partition coefficient (Wildman–Crippen LogP) is 1.57. The highest BCUT2D eigenvalue weighted by molar-refractivity contribution is 7.15. The molecule has 1 saturated heterocycles. The van der Waals surface area contributed by atoms with Crippen molar-refractivity contribution in [1.82, 2.24) is 15.2 Å². The van der Waals surface area contributed by atoms with E-state index in [9.17, 15) is 0 Å². The summed E-state index contributed by atoms with van der Waals surface area (Å²) < 4.78 is 0. The minimum atomic E-state index is 0.752. The zero-order chi connectivity index (χ0) is 13.2. The minimum absolute atomic E-state index is 0.752. The zero-order valence-electron chi connectivity index (χ0n) is 12.0. The average molecular weight is 280 g/mol. The Balaban J connectivity index is 1.69. The second-order valence-electron chi connectivity index (χ2n) is 5.98. The Labute approximate surface area is 119 Å². The highest BCUT2D eigenvalue weighted by Gasteiger charge is 2.23. The van der Waals surface area contributed by atoms with Gasteiger partial charge in [-0.2, -0.15) is 0 Å². The molecule has 1 N–H and O–H groups in total. The van der Waals surface area contributed by atoms with Gasteiger partial charge < -0.3 is 10.2 Å². The van der Waals surface area contributed by atoms with E-state index in [2.05, 4.69) is 29.0 Å². The molecule has 0 amide bonds. The van der Waals surface area contributed by atoms with Crippen LogP contribution in [0.1, 0.15) is 24.4 Å². The lowest BCUT2D eigenvalue weighted by molar-refractivity contribution is 0.228. The number of hydrogen-bond acceptors (Lipinski definition) is 5. The fourth-order valence-corrected chi connectivity index (χ4v) is 4.10. The lowest BCUT2D eigenvalue weighted by Crippen LogP contribution is -2.43. The molecule has 4 nitrogen and oxygen atoms in total. The SMILES string of the molecule is CC(C)CN1CCc2nc(N3CCNCC3)sc2C1. The third-order valence-corrected chi connectivity index (χ3v) is 4.95. The molecule has 0 aliphatic carbocycles. The van der Waals surface area contributed by atoms with E-state index < -0.39 is 0 Å². The lowest BCUT2D eigenvalue weighted by atomic mass is 10.1. The molecular formula is C14H24N4S. The molecule has 3 heterocycles. The molecule has 0 radical (unpaired) electrons. The fraction of sp³-hybridized carbons (Fsp3) is 0.786. The van der Waals surface area contributed by atoms with Gasteiger partial charge in [-0.25, -0.2) is 4.98 Å². The van der Waals surface area contributed by atoms with Gasteiger partial charge in [0, 0.05) is 57.1 Å². The van der Waals surface area contributed by atoms with Gasteiger partial charge in [0.1, 0.15) is 0 Å². The van der Waals surface area contributed by atoms with Crippen molar-refractivity contribution in [2.24, 2.45) is 5.92 Å². The Hall–Kier alpha value is -0.650. The summed E-state index contributed by atoms with van der Waals surface area (Å²) in [7, 11) is 0. The number of anilines is 1. The van der Waals surface area contributed by atoms with Gasteiger partial charge in [-0.3, -0.25) is 4.90 Å². The van der Waals surface area contributed by atoms with Crippen LogP contribution in [0.3, 0.4) is 0 Å². The van der Waals surface area contributed by atoms with Crippen molar-refractivity contribution >= 4 is 16.5 Å². The van der Waals surface area contributed by atoms with Crippen LogP contribution in [-0.4, -0.2) is 49.2 Å². The summed E-state index contributed by atoms with van der Waals surface area (Å²) in [6, 6.07) is 0. The normalized spacial score (nSPS) is 20.9. The van der Waals surface area contributed by atoms with Gasteiger partial charge in [-0.05, 0) is 5.92 Å². The van der Waals surface area contributed by atoms with Crippen LogP contribution in [-0.2, 0) is 13.0 Å². The van der Waals surface area contributed by atoms with Crippen molar-refractivity contribution in [3.05, 3.63) is 10.6 Å². The topological polar surface area (TPSA) is 31.4 Å². The van der Waals surface area contributed by atoms with Crippen molar-refractivity contribution in [1.29, 1.82) is 0 Å². The first-order chi connectivity index (χ1) is 9.22. The third kappa shape index (κ3) is 3.09. The summed E-state index contributed by atoms with van der Waals surface area (Å²) in [5, 5.41) is 4.65. The minimum Gasteiger partial charge on any atom is -0.346 e. The monoisotopic (exact) mass is 280 g/mol. The number of hydrogen-bond donors (Lipinski definition) is 1. The largest absolute Gasteiger partial charge is 0.346 e. The highest BCUT2D eigenvalue weighted by atomic mass is 32.1. The van der Waals surface area contributed by atoms with Crippen molar-refractivity contribution in [3.8, 4) is 0 Å². The van der Waals surface area contributed by atoms with E-state index in [1.165, 1.54) is 28.8 Å². The first-order valence-electron chi connectivity index (χ1n) is 7.39. The van der Waals surface area contributed by atoms with Crippen LogP contribution in [0.2, 0.25) is 0 Å². The highest BCUT2D eigenvalue weighted by Crippen LogP contribution is 2.31. The Morgan fingerprint density at radius 3 is 2.79 bits per heavy atom. The maximum Gasteiger partial charge on any atom is 0.185 e. The molecule has 0 saturated carbocycles. The molecule has 3 rings (SSSR count). The molecule has 1 fully saturated rings. The third-order valence-electron chi connectivity index (χ3n) is 3.81. The standard InChI is InChI=1S/C14H24N4S/c1-11(2)9-17-6-3-12-13(10-17)19-14(16-12)18-7-4-15-5-8-18/h11,15H,3-10H2,1-2H3. The van der Waals surface area contributed by atoms with Gasteiger partial charge in [0.15, 0.2) is 5.13 Å². The van der Waals surface area contributed by atoms with Gasteiger partial charge in [0.25, 0.3) is 0 Å². The van der Waals surface area contributed by atoms with E-state index in [0.717, 1.165) is 45.1 Å². The quantitative estimate of drug-likeness (QED) is 0.910. The van der Waals surface area contributed by atoms with E-state index in [-0.39, 0.29) is 0 Å². The molecule has 106 valence electrons. The summed E-state index contributed by atoms with van der Waals surface area (Å²) in [6.45, 7) is 12.5. The van der Waals surface area contributed by atoms with Crippen molar-refractivity contribution < 1.29 is 0 Å². The van der Waals surface area contributed by atoms with Crippen LogP contribution in [0.25, 0.3) is 0 Å². The summed E-state index contributed by atoms with van der Waals surface area (Å²) >= 11 is 1.92. The van der Waals surface area contributed by atoms with Gasteiger partial charge in [0.2, 0.25) is 0 Å². The summed E-state index contributed by atoms with van der Waals surface area (Å²) in [6.07, 6.45) is 1.13. The van der Waals surface area contributed by atoms with E-state index in [4.69, 9.17) is 4.98 Å². The van der Waals surface area contributed by atoms with Gasteiger partial charge in [0.05, 0.1) is 5.69 Å².